The fourth-order valence-corrected chi connectivity index (χ4v) is 8.45. The van der Waals surface area contributed by atoms with Crippen LogP contribution >= 0.6 is 11.6 Å². The molecule has 5 rings (SSSR count). The zero-order chi connectivity index (χ0) is 30.5. The molecule has 2 heterocycles. The second-order valence-corrected chi connectivity index (χ2v) is 15.4. The van der Waals surface area contributed by atoms with Crippen molar-refractivity contribution >= 4 is 45.1 Å². The number of aromatic nitrogens is 2. The predicted octanol–water partition coefficient (Wildman–Crippen LogP) is 5.73. The average molecular weight is 619 g/mol. The normalized spacial score (nSPS) is 19.6. The second kappa shape index (κ2) is 11.0. The number of ether oxygens (including phenoxy) is 2. The molecule has 1 spiro atoms. The van der Waals surface area contributed by atoms with Gasteiger partial charge in [0.15, 0.2) is 9.84 Å². The molecule has 3 aliphatic rings. The minimum atomic E-state index is -3.51. The summed E-state index contributed by atoms with van der Waals surface area (Å²) in [5, 5.41) is 2.86. The summed E-state index contributed by atoms with van der Waals surface area (Å²) in [6.45, 7) is 10.6. The third-order valence-corrected chi connectivity index (χ3v) is 11.1. The van der Waals surface area contributed by atoms with Crippen molar-refractivity contribution in [2.24, 2.45) is 5.41 Å². The number of halogens is 1. The van der Waals surface area contributed by atoms with Crippen molar-refractivity contribution in [3.63, 3.8) is 0 Å². The summed E-state index contributed by atoms with van der Waals surface area (Å²) >= 11 is 6.45. The number of hydrogen-bond acceptors (Lipinski definition) is 9. The van der Waals surface area contributed by atoms with Crippen LogP contribution in [0.15, 0.2) is 29.3 Å². The average Bonchev–Trinajstić information content (AvgIpc) is 3.69. The number of carbonyl (C=O) groups excluding carboxylic acids is 2. The Morgan fingerprint density at radius 1 is 1.14 bits per heavy atom. The zero-order valence-corrected chi connectivity index (χ0v) is 26.4. The summed E-state index contributed by atoms with van der Waals surface area (Å²) in [5.74, 6) is -0.0618. The first-order chi connectivity index (χ1) is 19.7. The van der Waals surface area contributed by atoms with Crippen LogP contribution in [-0.4, -0.2) is 65.9 Å². The Labute approximate surface area is 252 Å². The van der Waals surface area contributed by atoms with Crippen molar-refractivity contribution in [1.29, 1.82) is 0 Å². The molecule has 0 unspecified atom stereocenters. The Balaban J connectivity index is 1.20. The fraction of sp³-hybridized carbons (Fsp3) is 0.600. The van der Waals surface area contributed by atoms with E-state index in [0.717, 1.165) is 18.4 Å². The minimum absolute atomic E-state index is 0.0398. The van der Waals surface area contributed by atoms with Gasteiger partial charge in [0.1, 0.15) is 10.8 Å². The number of rotatable bonds is 7. The summed E-state index contributed by atoms with van der Waals surface area (Å²) < 4.78 is 37.7. The highest BCUT2D eigenvalue weighted by molar-refractivity contribution is 7.92. The SMILES string of the molecule is CCOC(=O)C1(c2cnc(Nc3ccc(S(=O)(=O)C4CC5(CCN(C(=O)OC(C)(C)C)CC5)C4)cc3C)nc2Cl)CC1. The van der Waals surface area contributed by atoms with Crippen molar-refractivity contribution < 1.29 is 27.5 Å². The van der Waals surface area contributed by atoms with Gasteiger partial charge in [0.2, 0.25) is 5.95 Å². The molecular weight excluding hydrogens is 580 g/mol. The molecule has 1 saturated heterocycles. The maximum atomic E-state index is 13.5. The van der Waals surface area contributed by atoms with E-state index in [1.165, 1.54) is 0 Å². The summed E-state index contributed by atoms with van der Waals surface area (Å²) in [6.07, 6.45) is 5.29. The number of esters is 1. The Hall–Kier alpha value is -2.92. The van der Waals surface area contributed by atoms with Crippen LogP contribution in [0.5, 0.6) is 0 Å². The summed E-state index contributed by atoms with van der Waals surface area (Å²) in [6, 6.07) is 4.99. The molecule has 42 heavy (non-hydrogen) atoms. The van der Waals surface area contributed by atoms with Crippen molar-refractivity contribution in [2.75, 3.05) is 25.0 Å². The van der Waals surface area contributed by atoms with E-state index in [9.17, 15) is 18.0 Å². The Kier molecular flexibility index (Phi) is 7.98. The quantitative estimate of drug-likeness (QED) is 0.305. The number of hydrogen-bond donors (Lipinski definition) is 1. The molecule has 1 aromatic carbocycles. The van der Waals surface area contributed by atoms with E-state index < -0.39 is 26.1 Å². The first-order valence-electron chi connectivity index (χ1n) is 14.5. The number of nitrogens with zero attached hydrogens (tertiary/aromatic N) is 3. The largest absolute Gasteiger partial charge is 0.465 e. The molecule has 10 nitrogen and oxygen atoms in total. The highest BCUT2D eigenvalue weighted by Gasteiger charge is 2.55. The van der Waals surface area contributed by atoms with Gasteiger partial charge < -0.3 is 19.7 Å². The van der Waals surface area contributed by atoms with Crippen molar-refractivity contribution in [3.8, 4) is 0 Å². The maximum Gasteiger partial charge on any atom is 0.410 e. The predicted molar refractivity (Wildman–Crippen MR) is 159 cm³/mol. The number of amides is 1. The van der Waals surface area contributed by atoms with Gasteiger partial charge >= 0.3 is 12.1 Å². The number of benzene rings is 1. The third-order valence-electron chi connectivity index (χ3n) is 8.68. The van der Waals surface area contributed by atoms with E-state index in [2.05, 4.69) is 15.3 Å². The molecule has 1 aliphatic heterocycles. The van der Waals surface area contributed by atoms with E-state index >= 15 is 0 Å². The van der Waals surface area contributed by atoms with Crippen LogP contribution in [-0.2, 0) is 29.5 Å². The summed E-state index contributed by atoms with van der Waals surface area (Å²) in [4.78, 5) is 35.6. The molecular formula is C30H39ClN4O6S. The molecule has 1 N–H and O–H groups in total. The standard InChI is InChI=1S/C30H39ClN4O6S/c1-6-40-25(36)30(9-10-30)22-18-32-26(34-24(22)31)33-23-8-7-20(15-19(23)2)42(38,39)21-16-29(17-21)11-13-35(14-12-29)27(37)41-28(3,4)5/h7-8,15,18,21H,6,9-14,16-17H2,1-5H3,(H,32,33,34). The first kappa shape index (κ1) is 30.5. The van der Waals surface area contributed by atoms with Crippen LogP contribution in [0.1, 0.15) is 77.3 Å². The highest BCUT2D eigenvalue weighted by Crippen LogP contribution is 2.53. The second-order valence-electron chi connectivity index (χ2n) is 12.8. The van der Waals surface area contributed by atoms with Crippen LogP contribution in [0, 0.1) is 12.3 Å². The number of piperidine rings is 1. The number of likely N-dealkylation sites (tertiary alicyclic amines) is 1. The van der Waals surface area contributed by atoms with E-state index in [0.29, 0.717) is 56.6 Å². The monoisotopic (exact) mass is 618 g/mol. The lowest BCUT2D eigenvalue weighted by molar-refractivity contribution is -0.146. The smallest absolute Gasteiger partial charge is 0.410 e. The lowest BCUT2D eigenvalue weighted by Crippen LogP contribution is -2.53. The van der Waals surface area contributed by atoms with Gasteiger partial charge in [-0.25, -0.2) is 23.2 Å². The topological polar surface area (TPSA) is 128 Å². The molecule has 228 valence electrons. The van der Waals surface area contributed by atoms with Crippen LogP contribution in [0.3, 0.4) is 0 Å². The Morgan fingerprint density at radius 3 is 2.36 bits per heavy atom. The lowest BCUT2D eigenvalue weighted by Gasteiger charge is -2.51. The van der Waals surface area contributed by atoms with Crippen molar-refractivity contribution in [2.45, 2.75) is 94.3 Å². The van der Waals surface area contributed by atoms with Gasteiger partial charge in [0, 0.05) is 30.5 Å². The van der Waals surface area contributed by atoms with Crippen LogP contribution in [0.2, 0.25) is 5.15 Å². The summed E-state index contributed by atoms with van der Waals surface area (Å²) in [5.41, 5.74) is 0.587. The molecule has 1 amide bonds. The zero-order valence-electron chi connectivity index (χ0n) is 24.8. The fourth-order valence-electron chi connectivity index (χ4n) is 6.01. The van der Waals surface area contributed by atoms with Gasteiger partial charge in [-0.15, -0.1) is 0 Å². The molecule has 1 aromatic heterocycles. The van der Waals surface area contributed by atoms with E-state index in [4.69, 9.17) is 21.1 Å². The molecule has 0 atom stereocenters. The van der Waals surface area contributed by atoms with Gasteiger partial charge in [-0.2, -0.15) is 0 Å². The van der Waals surface area contributed by atoms with E-state index in [1.807, 2.05) is 27.7 Å². The van der Waals surface area contributed by atoms with E-state index in [1.54, 1.807) is 36.2 Å². The van der Waals surface area contributed by atoms with E-state index in [-0.39, 0.29) is 33.5 Å². The number of aryl methyl sites for hydroxylation is 1. The molecule has 0 radical (unpaired) electrons. The van der Waals surface area contributed by atoms with Crippen molar-refractivity contribution in [3.05, 3.63) is 40.7 Å². The van der Waals surface area contributed by atoms with Crippen LogP contribution in [0.25, 0.3) is 0 Å². The number of carbonyl (C=O) groups is 2. The molecule has 2 aliphatic carbocycles. The van der Waals surface area contributed by atoms with Gasteiger partial charge in [0.05, 0.1) is 22.2 Å². The Morgan fingerprint density at radius 2 is 1.81 bits per heavy atom. The lowest BCUT2D eigenvalue weighted by atomic mass is 9.63. The number of anilines is 2. The van der Waals surface area contributed by atoms with Crippen LogP contribution < -0.4 is 5.32 Å². The van der Waals surface area contributed by atoms with Gasteiger partial charge in [0.25, 0.3) is 0 Å². The molecule has 12 heteroatoms. The van der Waals surface area contributed by atoms with Gasteiger partial charge in [-0.3, -0.25) is 4.79 Å². The minimum Gasteiger partial charge on any atom is -0.465 e. The number of nitrogens with one attached hydrogen (secondary N) is 1. The van der Waals surface area contributed by atoms with Gasteiger partial charge in [-0.1, -0.05) is 11.6 Å². The maximum absolute atomic E-state index is 13.5. The molecule has 2 saturated carbocycles. The molecule has 2 aromatic rings. The number of sulfone groups is 1. The van der Waals surface area contributed by atoms with Crippen LogP contribution in [0.4, 0.5) is 16.4 Å². The third kappa shape index (κ3) is 5.95. The van der Waals surface area contributed by atoms with Crippen molar-refractivity contribution in [1.82, 2.24) is 14.9 Å². The summed E-state index contributed by atoms with van der Waals surface area (Å²) in [7, 11) is -3.51. The molecule has 3 fully saturated rings. The first-order valence-corrected chi connectivity index (χ1v) is 16.4. The molecule has 0 bridgehead atoms. The Bertz CT molecular complexity index is 1490. The highest BCUT2D eigenvalue weighted by atomic mass is 35.5. The van der Waals surface area contributed by atoms with Gasteiger partial charge in [-0.05, 0) is 102 Å².